The molecule has 11 nitrogen and oxygen atoms in total. The molecular weight excluding hydrogens is 516 g/mol. The zero-order chi connectivity index (χ0) is 28.4. The van der Waals surface area contributed by atoms with Crippen LogP contribution in [0.1, 0.15) is 71.6 Å². The molecule has 5 fully saturated rings. The van der Waals surface area contributed by atoms with E-state index >= 15 is 0 Å². The van der Waals surface area contributed by atoms with Gasteiger partial charge < -0.3 is 24.8 Å². The monoisotopic (exact) mass is 560 g/mol. The van der Waals surface area contributed by atoms with E-state index in [1.807, 2.05) is 0 Å². The zero-order valence-corrected chi connectivity index (χ0v) is 23.8. The third-order valence-corrected chi connectivity index (χ3v) is 12.4. The van der Waals surface area contributed by atoms with E-state index in [9.17, 15) is 20.1 Å². The molecule has 2 heterocycles. The molecule has 2 aliphatic heterocycles. The molecule has 0 radical (unpaired) electrons. The summed E-state index contributed by atoms with van der Waals surface area (Å²) in [6.45, 7) is 5.00. The van der Waals surface area contributed by atoms with Crippen molar-refractivity contribution in [3.05, 3.63) is 22.1 Å². The Bertz CT molecular complexity index is 1100. The zero-order valence-electron chi connectivity index (χ0n) is 23.8. The Balaban J connectivity index is 1.19. The lowest BCUT2D eigenvalue weighted by Gasteiger charge is -2.64. The Morgan fingerprint density at radius 2 is 1.93 bits per heavy atom. The molecule has 0 amide bonds. The van der Waals surface area contributed by atoms with Crippen LogP contribution < -0.4 is 0 Å². The van der Waals surface area contributed by atoms with Crippen molar-refractivity contribution in [2.24, 2.45) is 39.6 Å². The lowest BCUT2D eigenvalue weighted by atomic mass is 9.43. The predicted molar refractivity (Wildman–Crippen MR) is 143 cm³/mol. The molecule has 0 bridgehead atoms. The average molecular weight is 561 g/mol. The number of rotatable bonds is 5. The van der Waals surface area contributed by atoms with Crippen molar-refractivity contribution in [3.8, 4) is 0 Å². The van der Waals surface area contributed by atoms with Crippen molar-refractivity contribution in [2.75, 3.05) is 20.3 Å². The van der Waals surface area contributed by atoms with Crippen LogP contribution in [0.4, 0.5) is 0 Å². The first-order valence-electron chi connectivity index (χ1n) is 15.0. The average Bonchev–Trinajstić information content (AvgIpc) is 3.47. The highest BCUT2D eigenvalue weighted by molar-refractivity contribution is 5.85. The van der Waals surface area contributed by atoms with E-state index in [1.54, 1.807) is 18.2 Å². The Labute approximate surface area is 235 Å². The number of hydroxylamine groups is 2. The standard InChI is InChI=1S/C29H44N4O7/c1-27-9-6-18(33(38-3)26-25(36)24(31-32-30)22(34)15-40-26)13-17(27)4-5-21-20(27)7-10-28(2)19(8-11-29(21,28)37)16-12-23(35)39-14-16/h12,17-22,24-26,34,36-37H,4-11,13-15H2,1-3H3/t17-,18+,19-,20+,21-,22-,24+,25-,26-,27+,28-,29+/m1/s1. The summed E-state index contributed by atoms with van der Waals surface area (Å²) >= 11 is 0. The molecule has 3 N–H and O–H groups in total. The van der Waals surface area contributed by atoms with Crippen molar-refractivity contribution < 1.29 is 34.4 Å². The fraction of sp³-hybridized carbons (Fsp3) is 0.897. The molecule has 0 aromatic carbocycles. The SMILES string of the molecule is CON([C@H]1CC[C@@]2(C)[C@H](CC[C@@H]3[C@@H]2CC[C@]2(C)[C@@H](C4=CC(=O)OC4)CC[C@]32O)C1)[C@@H]1OC[C@@H](O)[C@H](N=[N+]=[N-])[C@H]1O. The molecule has 40 heavy (non-hydrogen) atoms. The van der Waals surface area contributed by atoms with Gasteiger partial charge in [-0.3, -0.25) is 4.84 Å². The van der Waals surface area contributed by atoms with Crippen LogP contribution >= 0.6 is 0 Å². The van der Waals surface area contributed by atoms with Gasteiger partial charge in [-0.1, -0.05) is 19.0 Å². The van der Waals surface area contributed by atoms with Crippen molar-refractivity contribution in [1.29, 1.82) is 0 Å². The highest BCUT2D eigenvalue weighted by atomic mass is 16.7. The number of aliphatic hydroxyl groups is 3. The van der Waals surface area contributed by atoms with Gasteiger partial charge in [0, 0.05) is 22.4 Å². The van der Waals surface area contributed by atoms with E-state index in [1.165, 1.54) is 0 Å². The lowest BCUT2D eigenvalue weighted by Crippen LogP contribution is -2.64. The van der Waals surface area contributed by atoms with E-state index in [4.69, 9.17) is 19.8 Å². The number of aliphatic hydroxyl groups excluding tert-OH is 2. The number of nitrogens with zero attached hydrogens (tertiary/aromatic N) is 4. The van der Waals surface area contributed by atoms with E-state index in [-0.39, 0.29) is 41.3 Å². The number of carbonyl (C=O) groups is 1. The number of azide groups is 1. The van der Waals surface area contributed by atoms with E-state index in [0.29, 0.717) is 18.4 Å². The molecular formula is C29H44N4O7. The van der Waals surface area contributed by atoms with Crippen molar-refractivity contribution in [1.82, 2.24) is 5.06 Å². The predicted octanol–water partition coefficient (Wildman–Crippen LogP) is 3.23. The number of cyclic esters (lactones) is 1. The second-order valence-electron chi connectivity index (χ2n) is 13.7. The Morgan fingerprint density at radius 3 is 2.62 bits per heavy atom. The first-order chi connectivity index (χ1) is 19.1. The minimum atomic E-state index is -1.21. The molecule has 0 unspecified atom stereocenters. The second kappa shape index (κ2) is 10.2. The minimum Gasteiger partial charge on any atom is -0.458 e. The van der Waals surface area contributed by atoms with Gasteiger partial charge in [0.2, 0.25) is 0 Å². The second-order valence-corrected chi connectivity index (χ2v) is 13.7. The first kappa shape index (κ1) is 28.4. The van der Waals surface area contributed by atoms with Gasteiger partial charge in [-0.05, 0) is 98.0 Å². The number of esters is 1. The summed E-state index contributed by atoms with van der Waals surface area (Å²) < 4.78 is 11.1. The fourth-order valence-corrected chi connectivity index (χ4v) is 10.3. The van der Waals surface area contributed by atoms with E-state index < -0.39 is 30.1 Å². The maximum absolute atomic E-state index is 12.5. The third-order valence-electron chi connectivity index (χ3n) is 12.4. The quantitative estimate of drug-likeness (QED) is 0.152. The third kappa shape index (κ3) is 4.07. The maximum atomic E-state index is 12.5. The largest absolute Gasteiger partial charge is 0.458 e. The van der Waals surface area contributed by atoms with Crippen LogP contribution in [0.15, 0.2) is 16.8 Å². The van der Waals surface area contributed by atoms with Gasteiger partial charge in [-0.25, -0.2) is 4.79 Å². The Hall–Kier alpha value is -1.72. The van der Waals surface area contributed by atoms with Gasteiger partial charge >= 0.3 is 5.97 Å². The van der Waals surface area contributed by atoms with Crippen molar-refractivity contribution in [2.45, 2.75) is 108 Å². The summed E-state index contributed by atoms with van der Waals surface area (Å²) in [6, 6.07) is -0.983. The maximum Gasteiger partial charge on any atom is 0.331 e. The molecule has 4 saturated carbocycles. The smallest absolute Gasteiger partial charge is 0.331 e. The molecule has 12 atom stereocenters. The van der Waals surface area contributed by atoms with Gasteiger partial charge in [0.15, 0.2) is 6.23 Å². The Kier molecular flexibility index (Phi) is 7.26. The van der Waals surface area contributed by atoms with Crippen LogP contribution in [-0.2, 0) is 19.1 Å². The summed E-state index contributed by atoms with van der Waals surface area (Å²) in [5.41, 5.74) is 9.08. The molecule has 4 aliphatic carbocycles. The molecule has 222 valence electrons. The number of hydrogen-bond acceptors (Lipinski definition) is 9. The summed E-state index contributed by atoms with van der Waals surface area (Å²) in [6.07, 6.45) is 6.98. The van der Waals surface area contributed by atoms with Crippen LogP contribution in [0.25, 0.3) is 10.4 Å². The van der Waals surface area contributed by atoms with Crippen molar-refractivity contribution >= 4 is 5.97 Å². The molecule has 0 aromatic heterocycles. The van der Waals surface area contributed by atoms with Gasteiger partial charge in [0.1, 0.15) is 12.7 Å². The van der Waals surface area contributed by atoms with Gasteiger partial charge in [-0.15, -0.1) is 0 Å². The summed E-state index contributed by atoms with van der Waals surface area (Å²) in [4.78, 5) is 20.4. The van der Waals surface area contributed by atoms with Crippen LogP contribution in [0.2, 0.25) is 0 Å². The molecule has 6 aliphatic rings. The number of ether oxygens (including phenoxy) is 2. The minimum absolute atomic E-state index is 0.0147. The van der Waals surface area contributed by atoms with Gasteiger partial charge in [0.05, 0.1) is 31.5 Å². The number of fused-ring (bicyclic) bond motifs is 5. The molecule has 0 aromatic rings. The van der Waals surface area contributed by atoms with E-state index in [2.05, 4.69) is 23.9 Å². The van der Waals surface area contributed by atoms with Crippen LogP contribution in [0, 0.1) is 34.5 Å². The van der Waals surface area contributed by atoms with Crippen molar-refractivity contribution in [3.63, 3.8) is 0 Å². The Morgan fingerprint density at radius 1 is 1.12 bits per heavy atom. The molecule has 0 spiro atoms. The molecule has 6 rings (SSSR count). The summed E-state index contributed by atoms with van der Waals surface area (Å²) in [5, 5.41) is 38.9. The normalized spacial score (nSPS) is 50.3. The van der Waals surface area contributed by atoms with Crippen LogP contribution in [0.3, 0.4) is 0 Å². The fourth-order valence-electron chi connectivity index (χ4n) is 10.3. The van der Waals surface area contributed by atoms with Gasteiger partial charge in [0.25, 0.3) is 0 Å². The highest BCUT2D eigenvalue weighted by Gasteiger charge is 2.68. The molecule has 1 saturated heterocycles. The number of hydrogen-bond donors (Lipinski definition) is 3. The van der Waals surface area contributed by atoms with E-state index in [0.717, 1.165) is 63.4 Å². The van der Waals surface area contributed by atoms with Gasteiger partial charge in [-0.2, -0.15) is 5.06 Å². The lowest BCUT2D eigenvalue weighted by molar-refractivity contribution is -0.314. The summed E-state index contributed by atoms with van der Waals surface area (Å²) in [5.74, 6) is 1.04. The van der Waals surface area contributed by atoms with Crippen LogP contribution in [-0.4, -0.2) is 82.8 Å². The summed E-state index contributed by atoms with van der Waals surface area (Å²) in [7, 11) is 1.57. The highest BCUT2D eigenvalue weighted by Crippen LogP contribution is 2.70. The van der Waals surface area contributed by atoms with Crippen LogP contribution in [0.5, 0.6) is 0 Å². The molecule has 11 heteroatoms. The topological polar surface area (TPSA) is 157 Å². The first-order valence-corrected chi connectivity index (χ1v) is 15.0. The number of carbonyl (C=O) groups excluding carboxylic acids is 1.